The number of rotatable bonds is 10. The Balaban J connectivity index is 3.80. The second-order valence-corrected chi connectivity index (χ2v) is 4.75. The van der Waals surface area contributed by atoms with Crippen LogP contribution in [-0.4, -0.2) is 25.7 Å². The van der Waals surface area contributed by atoms with Crippen LogP contribution in [-0.2, 0) is 9.53 Å². The molecule has 0 amide bonds. The lowest BCUT2D eigenvalue weighted by atomic mass is 9.99. The summed E-state index contributed by atoms with van der Waals surface area (Å²) >= 11 is 0. The molecule has 17 heavy (non-hydrogen) atoms. The van der Waals surface area contributed by atoms with Crippen LogP contribution in [0.25, 0.3) is 0 Å². The molecule has 3 heteroatoms. The summed E-state index contributed by atoms with van der Waals surface area (Å²) in [5.41, 5.74) is 0. The van der Waals surface area contributed by atoms with E-state index in [0.29, 0.717) is 5.92 Å². The number of hydrogen-bond donors (Lipinski definition) is 1. The van der Waals surface area contributed by atoms with Crippen LogP contribution >= 0.6 is 0 Å². The van der Waals surface area contributed by atoms with Gasteiger partial charge in [-0.15, -0.1) is 0 Å². The van der Waals surface area contributed by atoms with Crippen molar-refractivity contribution in [3.8, 4) is 0 Å². The van der Waals surface area contributed by atoms with Gasteiger partial charge in [-0.1, -0.05) is 52.9 Å². The molecule has 102 valence electrons. The highest BCUT2D eigenvalue weighted by atomic mass is 16.5. The molecule has 0 radical (unpaired) electrons. The molecular weight excluding hydrogens is 214 g/mol. The van der Waals surface area contributed by atoms with Gasteiger partial charge in [0.2, 0.25) is 0 Å². The molecule has 1 N–H and O–H groups in total. The van der Waals surface area contributed by atoms with Crippen LogP contribution in [0.5, 0.6) is 0 Å². The summed E-state index contributed by atoms with van der Waals surface area (Å²) in [6.07, 6.45) is 7.25. The van der Waals surface area contributed by atoms with Crippen molar-refractivity contribution in [3.05, 3.63) is 0 Å². The molecule has 0 rings (SSSR count). The van der Waals surface area contributed by atoms with Crippen LogP contribution in [0.1, 0.15) is 59.3 Å². The monoisotopic (exact) mass is 243 g/mol. The number of hydrogen-bond acceptors (Lipinski definition) is 3. The fourth-order valence-corrected chi connectivity index (χ4v) is 1.87. The minimum Gasteiger partial charge on any atom is -0.468 e. The summed E-state index contributed by atoms with van der Waals surface area (Å²) in [5, 5.41) is 3.32. The largest absolute Gasteiger partial charge is 0.468 e. The lowest BCUT2D eigenvalue weighted by Crippen LogP contribution is -2.42. The summed E-state index contributed by atoms with van der Waals surface area (Å²) in [7, 11) is 1.46. The number of nitrogens with one attached hydrogen (secondary N) is 1. The molecule has 2 atom stereocenters. The van der Waals surface area contributed by atoms with Crippen LogP contribution in [0, 0.1) is 5.92 Å². The van der Waals surface area contributed by atoms with Crippen molar-refractivity contribution in [2.75, 3.05) is 13.7 Å². The first-order valence-electron chi connectivity index (χ1n) is 6.98. The highest BCUT2D eigenvalue weighted by Crippen LogP contribution is 2.09. The van der Waals surface area contributed by atoms with E-state index < -0.39 is 0 Å². The van der Waals surface area contributed by atoms with Crippen molar-refractivity contribution in [2.45, 2.75) is 65.3 Å². The van der Waals surface area contributed by atoms with Crippen LogP contribution in [0.3, 0.4) is 0 Å². The Morgan fingerprint density at radius 2 is 1.82 bits per heavy atom. The first-order chi connectivity index (χ1) is 8.17. The van der Waals surface area contributed by atoms with Crippen LogP contribution in [0.15, 0.2) is 0 Å². The molecule has 0 bridgehead atoms. The third kappa shape index (κ3) is 7.37. The third-order valence-electron chi connectivity index (χ3n) is 3.31. The van der Waals surface area contributed by atoms with Crippen molar-refractivity contribution >= 4 is 5.97 Å². The maximum absolute atomic E-state index is 11.6. The summed E-state index contributed by atoms with van der Waals surface area (Å²) in [4.78, 5) is 11.6. The summed E-state index contributed by atoms with van der Waals surface area (Å²) in [6.45, 7) is 7.32. The minimum atomic E-state index is -0.142. The molecule has 2 unspecified atom stereocenters. The van der Waals surface area contributed by atoms with Crippen LogP contribution < -0.4 is 5.32 Å². The summed E-state index contributed by atoms with van der Waals surface area (Å²) < 4.78 is 4.83. The molecule has 3 nitrogen and oxygen atoms in total. The van der Waals surface area contributed by atoms with Gasteiger partial charge >= 0.3 is 5.97 Å². The normalized spacial score (nSPS) is 14.4. The van der Waals surface area contributed by atoms with Gasteiger partial charge in [-0.2, -0.15) is 0 Å². The topological polar surface area (TPSA) is 38.3 Å². The molecule has 0 aromatic rings. The highest BCUT2D eigenvalue weighted by Gasteiger charge is 2.23. The van der Waals surface area contributed by atoms with Crippen molar-refractivity contribution < 1.29 is 9.53 Å². The van der Waals surface area contributed by atoms with E-state index in [1.54, 1.807) is 0 Å². The highest BCUT2D eigenvalue weighted by molar-refractivity contribution is 5.75. The molecule has 0 heterocycles. The van der Waals surface area contributed by atoms with Crippen molar-refractivity contribution in [1.82, 2.24) is 5.32 Å². The summed E-state index contributed by atoms with van der Waals surface area (Å²) in [5.74, 6) is 0.200. The van der Waals surface area contributed by atoms with Gasteiger partial charge < -0.3 is 10.1 Å². The number of carbonyl (C=O) groups is 1. The summed E-state index contributed by atoms with van der Waals surface area (Å²) in [6, 6.07) is -0.142. The van der Waals surface area contributed by atoms with Gasteiger partial charge in [-0.25, -0.2) is 0 Å². The van der Waals surface area contributed by atoms with Crippen molar-refractivity contribution in [3.63, 3.8) is 0 Å². The number of methoxy groups -OCH3 is 1. The Morgan fingerprint density at radius 1 is 1.18 bits per heavy atom. The standard InChI is InChI=1S/C14H29NO2/c1-5-7-8-9-10-11-15-13(12(3)6-2)14(16)17-4/h12-13,15H,5-11H2,1-4H3. The number of esters is 1. The molecule has 0 aliphatic carbocycles. The molecule has 0 spiro atoms. The molecule has 0 aromatic carbocycles. The lowest BCUT2D eigenvalue weighted by molar-refractivity contribution is -0.144. The van der Waals surface area contributed by atoms with E-state index in [1.165, 1.54) is 32.8 Å². The van der Waals surface area contributed by atoms with Crippen molar-refractivity contribution in [2.24, 2.45) is 5.92 Å². The minimum absolute atomic E-state index is 0.132. The zero-order valence-corrected chi connectivity index (χ0v) is 11.9. The van der Waals surface area contributed by atoms with Crippen LogP contribution in [0.2, 0.25) is 0 Å². The Kier molecular flexibility index (Phi) is 10.2. The van der Waals surface area contributed by atoms with Gasteiger partial charge in [0.05, 0.1) is 7.11 Å². The van der Waals surface area contributed by atoms with Gasteiger partial charge in [0, 0.05) is 0 Å². The first kappa shape index (κ1) is 16.4. The Hall–Kier alpha value is -0.570. The Morgan fingerprint density at radius 3 is 2.35 bits per heavy atom. The fourth-order valence-electron chi connectivity index (χ4n) is 1.87. The molecule has 0 aliphatic rings. The van der Waals surface area contributed by atoms with E-state index in [1.807, 2.05) is 0 Å². The Labute approximate surface area is 106 Å². The third-order valence-corrected chi connectivity index (χ3v) is 3.31. The molecule has 0 saturated heterocycles. The average molecular weight is 243 g/mol. The van der Waals surface area contributed by atoms with E-state index in [4.69, 9.17) is 4.74 Å². The zero-order valence-electron chi connectivity index (χ0n) is 11.9. The predicted octanol–water partition coefficient (Wildman–Crippen LogP) is 3.13. The van der Waals surface area contributed by atoms with Crippen LogP contribution in [0.4, 0.5) is 0 Å². The second kappa shape index (κ2) is 10.6. The van der Waals surface area contributed by atoms with Gasteiger partial charge in [-0.05, 0) is 18.9 Å². The van der Waals surface area contributed by atoms with E-state index in [2.05, 4.69) is 26.1 Å². The Bertz CT molecular complexity index is 195. The predicted molar refractivity (Wildman–Crippen MR) is 72.0 cm³/mol. The molecule has 0 saturated carbocycles. The van der Waals surface area contributed by atoms with E-state index in [9.17, 15) is 4.79 Å². The number of carbonyl (C=O) groups excluding carboxylic acids is 1. The van der Waals surface area contributed by atoms with Crippen molar-refractivity contribution in [1.29, 1.82) is 0 Å². The van der Waals surface area contributed by atoms with E-state index in [0.717, 1.165) is 19.4 Å². The fraction of sp³-hybridized carbons (Fsp3) is 0.929. The van der Waals surface area contributed by atoms with E-state index >= 15 is 0 Å². The van der Waals surface area contributed by atoms with Gasteiger partial charge in [0.1, 0.15) is 6.04 Å². The first-order valence-corrected chi connectivity index (χ1v) is 6.98. The zero-order chi connectivity index (χ0) is 13.1. The van der Waals surface area contributed by atoms with E-state index in [-0.39, 0.29) is 12.0 Å². The molecular formula is C14H29NO2. The maximum Gasteiger partial charge on any atom is 0.323 e. The van der Waals surface area contributed by atoms with Gasteiger partial charge in [-0.3, -0.25) is 4.79 Å². The number of unbranched alkanes of at least 4 members (excludes halogenated alkanes) is 4. The quantitative estimate of drug-likeness (QED) is 0.473. The number of ether oxygens (including phenoxy) is 1. The molecule has 0 aromatic heterocycles. The van der Waals surface area contributed by atoms with Gasteiger partial charge in [0.25, 0.3) is 0 Å². The maximum atomic E-state index is 11.6. The molecule has 0 aliphatic heterocycles. The van der Waals surface area contributed by atoms with Gasteiger partial charge in [0.15, 0.2) is 0 Å². The molecule has 0 fully saturated rings. The smallest absolute Gasteiger partial charge is 0.323 e. The SMILES string of the molecule is CCCCCCCNC(C(=O)OC)C(C)CC. The second-order valence-electron chi connectivity index (χ2n) is 4.75. The average Bonchev–Trinajstić information content (AvgIpc) is 2.36. The lowest BCUT2D eigenvalue weighted by Gasteiger charge is -2.21.